The summed E-state index contributed by atoms with van der Waals surface area (Å²) < 4.78 is 2.08. The Morgan fingerprint density at radius 3 is 2.86 bits per heavy atom. The van der Waals surface area contributed by atoms with Crippen LogP contribution in [0.3, 0.4) is 0 Å². The van der Waals surface area contributed by atoms with E-state index in [-0.39, 0.29) is 17.9 Å². The number of carbonyl (C=O) groups is 1. The monoisotopic (exact) mass is 297 g/mol. The number of amides is 1. The van der Waals surface area contributed by atoms with Crippen molar-refractivity contribution in [3.8, 4) is 0 Å². The molecule has 1 aliphatic rings. The number of nitrogens with one attached hydrogen (secondary N) is 1. The lowest BCUT2D eigenvalue weighted by molar-refractivity contribution is -0.124. The van der Waals surface area contributed by atoms with E-state index in [9.17, 15) is 4.79 Å². The second-order valence-electron chi connectivity index (χ2n) is 6.30. The van der Waals surface area contributed by atoms with Gasteiger partial charge in [-0.1, -0.05) is 44.2 Å². The van der Waals surface area contributed by atoms with Crippen molar-refractivity contribution >= 4 is 5.91 Å². The third-order valence-corrected chi connectivity index (χ3v) is 4.28. The Morgan fingerprint density at radius 2 is 2.14 bits per heavy atom. The highest BCUT2D eigenvalue weighted by molar-refractivity contribution is 5.78. The fourth-order valence-electron chi connectivity index (χ4n) is 3.00. The highest BCUT2D eigenvalue weighted by Gasteiger charge is 2.26. The molecule has 3 rings (SSSR count). The Morgan fingerprint density at radius 1 is 1.36 bits per heavy atom. The standard InChI is InChI=1S/C18H23N3O/c1-13(2)18(22)20-16-9-6-10-17-15(16)11-19-21(17)12-14-7-4-3-5-8-14/h3-5,7-8,11,13,16H,6,9-10,12H2,1-2H3,(H,20,22). The molecule has 1 unspecified atom stereocenters. The summed E-state index contributed by atoms with van der Waals surface area (Å²) in [4.78, 5) is 12.0. The highest BCUT2D eigenvalue weighted by Crippen LogP contribution is 2.30. The van der Waals surface area contributed by atoms with Gasteiger partial charge >= 0.3 is 0 Å². The van der Waals surface area contributed by atoms with E-state index >= 15 is 0 Å². The number of benzene rings is 1. The van der Waals surface area contributed by atoms with Crippen LogP contribution in [-0.4, -0.2) is 15.7 Å². The largest absolute Gasteiger partial charge is 0.349 e. The number of nitrogens with zero attached hydrogens (tertiary/aromatic N) is 2. The first kappa shape index (κ1) is 14.8. The van der Waals surface area contributed by atoms with Gasteiger partial charge in [-0.2, -0.15) is 5.10 Å². The van der Waals surface area contributed by atoms with Crippen molar-refractivity contribution in [2.45, 2.75) is 45.7 Å². The number of aromatic nitrogens is 2. The van der Waals surface area contributed by atoms with Gasteiger partial charge in [0, 0.05) is 17.2 Å². The topological polar surface area (TPSA) is 46.9 Å². The molecular weight excluding hydrogens is 274 g/mol. The molecule has 0 spiro atoms. The van der Waals surface area contributed by atoms with E-state index in [0.717, 1.165) is 25.8 Å². The lowest BCUT2D eigenvalue weighted by Gasteiger charge is -2.25. The summed E-state index contributed by atoms with van der Waals surface area (Å²) in [5.41, 5.74) is 3.71. The average molecular weight is 297 g/mol. The Balaban J connectivity index is 1.80. The Bertz CT molecular complexity index is 646. The summed E-state index contributed by atoms with van der Waals surface area (Å²) in [5, 5.41) is 7.72. The minimum Gasteiger partial charge on any atom is -0.349 e. The molecule has 116 valence electrons. The second kappa shape index (κ2) is 6.34. The van der Waals surface area contributed by atoms with Crippen LogP contribution in [-0.2, 0) is 17.8 Å². The van der Waals surface area contributed by atoms with Crippen molar-refractivity contribution in [1.29, 1.82) is 0 Å². The maximum Gasteiger partial charge on any atom is 0.223 e. The minimum absolute atomic E-state index is 0.0183. The molecular formula is C18H23N3O. The van der Waals surface area contributed by atoms with Crippen LogP contribution >= 0.6 is 0 Å². The molecule has 0 fully saturated rings. The smallest absolute Gasteiger partial charge is 0.223 e. The molecule has 0 radical (unpaired) electrons. The molecule has 0 bridgehead atoms. The van der Waals surface area contributed by atoms with Gasteiger partial charge in [-0.3, -0.25) is 9.48 Å². The SMILES string of the molecule is CC(C)C(=O)NC1CCCc2c1cnn2Cc1ccccc1. The van der Waals surface area contributed by atoms with E-state index in [1.807, 2.05) is 26.1 Å². The first-order chi connectivity index (χ1) is 10.6. The quantitative estimate of drug-likeness (QED) is 0.942. The van der Waals surface area contributed by atoms with Crippen LogP contribution in [0.25, 0.3) is 0 Å². The molecule has 22 heavy (non-hydrogen) atoms. The molecule has 1 aromatic heterocycles. The summed E-state index contributed by atoms with van der Waals surface area (Å²) >= 11 is 0. The van der Waals surface area contributed by atoms with Gasteiger partial charge < -0.3 is 5.32 Å². The number of rotatable bonds is 4. The molecule has 1 atom stereocenters. The summed E-state index contributed by atoms with van der Waals surface area (Å²) in [7, 11) is 0. The zero-order valence-corrected chi connectivity index (χ0v) is 13.2. The Labute approximate surface area is 131 Å². The molecule has 0 saturated heterocycles. The maximum absolute atomic E-state index is 12.0. The van der Waals surface area contributed by atoms with Crippen molar-refractivity contribution < 1.29 is 4.79 Å². The molecule has 0 saturated carbocycles. The minimum atomic E-state index is 0.0183. The molecule has 1 heterocycles. The zero-order chi connectivity index (χ0) is 15.5. The van der Waals surface area contributed by atoms with E-state index in [2.05, 4.69) is 39.4 Å². The lowest BCUT2D eigenvalue weighted by atomic mass is 9.92. The van der Waals surface area contributed by atoms with Gasteiger partial charge in [0.25, 0.3) is 0 Å². The Hall–Kier alpha value is -2.10. The summed E-state index contributed by atoms with van der Waals surface area (Å²) in [6.07, 6.45) is 5.07. The third-order valence-electron chi connectivity index (χ3n) is 4.28. The fourth-order valence-corrected chi connectivity index (χ4v) is 3.00. The van der Waals surface area contributed by atoms with Crippen LogP contribution < -0.4 is 5.32 Å². The van der Waals surface area contributed by atoms with Gasteiger partial charge in [0.05, 0.1) is 18.8 Å². The third kappa shape index (κ3) is 3.06. The Kier molecular flexibility index (Phi) is 4.27. The molecule has 1 aromatic carbocycles. The van der Waals surface area contributed by atoms with Crippen LogP contribution in [0.2, 0.25) is 0 Å². The van der Waals surface area contributed by atoms with E-state index in [4.69, 9.17) is 0 Å². The van der Waals surface area contributed by atoms with Crippen LogP contribution in [0.5, 0.6) is 0 Å². The summed E-state index contributed by atoms with van der Waals surface area (Å²) in [6.45, 7) is 4.65. The summed E-state index contributed by atoms with van der Waals surface area (Å²) in [5.74, 6) is 0.137. The van der Waals surface area contributed by atoms with Crippen molar-refractivity contribution in [3.63, 3.8) is 0 Å². The number of hydrogen-bond acceptors (Lipinski definition) is 2. The van der Waals surface area contributed by atoms with Gasteiger partial charge in [-0.25, -0.2) is 0 Å². The molecule has 0 aliphatic heterocycles. The van der Waals surface area contributed by atoms with E-state index < -0.39 is 0 Å². The van der Waals surface area contributed by atoms with Gasteiger partial charge in [0.2, 0.25) is 5.91 Å². The predicted molar refractivity (Wildman–Crippen MR) is 86.4 cm³/mol. The average Bonchev–Trinajstić information content (AvgIpc) is 2.92. The normalized spacial score (nSPS) is 17.3. The van der Waals surface area contributed by atoms with E-state index in [1.54, 1.807) is 0 Å². The van der Waals surface area contributed by atoms with Crippen LogP contribution in [0.1, 0.15) is 49.6 Å². The first-order valence-electron chi connectivity index (χ1n) is 8.04. The lowest BCUT2D eigenvalue weighted by Crippen LogP contribution is -2.33. The predicted octanol–water partition coefficient (Wildman–Crippen LogP) is 3.08. The molecule has 1 aliphatic carbocycles. The van der Waals surface area contributed by atoms with Gasteiger partial charge in [-0.15, -0.1) is 0 Å². The van der Waals surface area contributed by atoms with E-state index in [0.29, 0.717) is 0 Å². The van der Waals surface area contributed by atoms with Crippen molar-refractivity contribution in [2.75, 3.05) is 0 Å². The van der Waals surface area contributed by atoms with Crippen LogP contribution in [0, 0.1) is 5.92 Å². The van der Waals surface area contributed by atoms with E-state index in [1.165, 1.54) is 16.8 Å². The number of fused-ring (bicyclic) bond motifs is 1. The van der Waals surface area contributed by atoms with Gasteiger partial charge in [0.1, 0.15) is 0 Å². The van der Waals surface area contributed by atoms with Crippen LogP contribution in [0.15, 0.2) is 36.5 Å². The molecule has 1 N–H and O–H groups in total. The summed E-state index contributed by atoms with van der Waals surface area (Å²) in [6, 6.07) is 10.5. The van der Waals surface area contributed by atoms with Crippen molar-refractivity contribution in [2.24, 2.45) is 5.92 Å². The van der Waals surface area contributed by atoms with Crippen LogP contribution in [0.4, 0.5) is 0 Å². The highest BCUT2D eigenvalue weighted by atomic mass is 16.1. The first-order valence-corrected chi connectivity index (χ1v) is 8.04. The molecule has 1 amide bonds. The van der Waals surface area contributed by atoms with Gasteiger partial charge in [-0.05, 0) is 24.8 Å². The fraction of sp³-hybridized carbons (Fsp3) is 0.444. The van der Waals surface area contributed by atoms with Crippen molar-refractivity contribution in [3.05, 3.63) is 53.3 Å². The molecule has 4 nitrogen and oxygen atoms in total. The van der Waals surface area contributed by atoms with Crippen molar-refractivity contribution in [1.82, 2.24) is 15.1 Å². The molecule has 2 aromatic rings. The number of hydrogen-bond donors (Lipinski definition) is 1. The maximum atomic E-state index is 12.0. The van der Waals surface area contributed by atoms with Gasteiger partial charge in [0.15, 0.2) is 0 Å². The zero-order valence-electron chi connectivity index (χ0n) is 13.2. The number of carbonyl (C=O) groups excluding carboxylic acids is 1. The second-order valence-corrected chi connectivity index (χ2v) is 6.30. The molecule has 4 heteroatoms.